The summed E-state index contributed by atoms with van der Waals surface area (Å²) in [5, 5.41) is 2.82. The first kappa shape index (κ1) is 15.0. The van der Waals surface area contributed by atoms with Gasteiger partial charge in [0.15, 0.2) is 0 Å². The maximum absolute atomic E-state index is 12.1. The summed E-state index contributed by atoms with van der Waals surface area (Å²) in [6, 6.07) is 7.20. The first-order valence-corrected chi connectivity index (χ1v) is 6.85. The molecule has 0 bridgehead atoms. The molecule has 2 aromatic rings. The van der Waals surface area contributed by atoms with Crippen LogP contribution < -0.4 is 10.9 Å². The monoisotopic (exact) mass is 285 g/mol. The van der Waals surface area contributed by atoms with E-state index in [9.17, 15) is 9.59 Å². The van der Waals surface area contributed by atoms with Crippen molar-refractivity contribution in [2.24, 2.45) is 0 Å². The molecule has 0 unspecified atom stereocenters. The number of benzene rings is 1. The lowest BCUT2D eigenvalue weighted by Crippen LogP contribution is -2.31. The maximum Gasteiger partial charge on any atom is 0.253 e. The van der Waals surface area contributed by atoms with Gasteiger partial charge in [0, 0.05) is 30.4 Å². The number of aromatic nitrogens is 2. The molecule has 5 heteroatoms. The van der Waals surface area contributed by atoms with Crippen LogP contribution in [0.5, 0.6) is 0 Å². The Bertz CT molecular complexity index is 699. The minimum atomic E-state index is -0.130. The number of aryl methyl sites for hydroxylation is 3. The number of nitrogens with zero attached hydrogens (tertiary/aromatic N) is 2. The van der Waals surface area contributed by atoms with Gasteiger partial charge in [0.2, 0.25) is 0 Å². The predicted molar refractivity (Wildman–Crippen MR) is 81.5 cm³/mol. The summed E-state index contributed by atoms with van der Waals surface area (Å²) in [5.41, 5.74) is 3.33. The molecule has 2 rings (SSSR count). The smallest absolute Gasteiger partial charge is 0.253 e. The summed E-state index contributed by atoms with van der Waals surface area (Å²) >= 11 is 0. The van der Waals surface area contributed by atoms with Gasteiger partial charge in [0.25, 0.3) is 11.5 Å². The average molecular weight is 285 g/mol. The van der Waals surface area contributed by atoms with Gasteiger partial charge in [-0.2, -0.15) is 0 Å². The molecule has 110 valence electrons. The molecule has 1 amide bonds. The van der Waals surface area contributed by atoms with E-state index in [0.29, 0.717) is 24.3 Å². The molecular weight excluding hydrogens is 266 g/mol. The van der Waals surface area contributed by atoms with Crippen LogP contribution in [0.4, 0.5) is 0 Å². The molecular formula is C16H19N3O2. The van der Waals surface area contributed by atoms with Crippen molar-refractivity contribution in [1.82, 2.24) is 14.9 Å². The zero-order valence-electron chi connectivity index (χ0n) is 12.5. The van der Waals surface area contributed by atoms with Gasteiger partial charge >= 0.3 is 0 Å². The summed E-state index contributed by atoms with van der Waals surface area (Å²) in [7, 11) is 0. The zero-order chi connectivity index (χ0) is 15.4. The van der Waals surface area contributed by atoms with E-state index in [4.69, 9.17) is 0 Å². The largest absolute Gasteiger partial charge is 0.350 e. The highest BCUT2D eigenvalue weighted by atomic mass is 16.1. The van der Waals surface area contributed by atoms with Crippen molar-refractivity contribution in [3.8, 4) is 0 Å². The average Bonchev–Trinajstić information content (AvgIpc) is 2.40. The van der Waals surface area contributed by atoms with Gasteiger partial charge < -0.3 is 5.32 Å². The van der Waals surface area contributed by atoms with Gasteiger partial charge in [0.1, 0.15) is 0 Å². The number of nitrogens with one attached hydrogen (secondary N) is 1. The first-order chi connectivity index (χ1) is 9.95. The molecule has 0 aliphatic heterocycles. The number of hydrogen-bond acceptors (Lipinski definition) is 3. The van der Waals surface area contributed by atoms with Gasteiger partial charge in [-0.3, -0.25) is 14.2 Å². The molecule has 0 spiro atoms. The normalized spacial score (nSPS) is 10.4. The van der Waals surface area contributed by atoms with Crippen molar-refractivity contribution in [2.75, 3.05) is 6.54 Å². The number of hydrogen-bond donors (Lipinski definition) is 1. The van der Waals surface area contributed by atoms with Crippen molar-refractivity contribution >= 4 is 5.91 Å². The Kier molecular flexibility index (Phi) is 4.52. The molecule has 21 heavy (non-hydrogen) atoms. The summed E-state index contributed by atoms with van der Waals surface area (Å²) < 4.78 is 1.48. The Hall–Kier alpha value is -2.43. The topological polar surface area (TPSA) is 64.0 Å². The lowest BCUT2D eigenvalue weighted by molar-refractivity contribution is 0.0952. The van der Waals surface area contributed by atoms with E-state index in [1.165, 1.54) is 17.0 Å². The number of rotatable bonds is 4. The number of carbonyl (C=O) groups excluding carboxylic acids is 1. The molecule has 1 heterocycles. The van der Waals surface area contributed by atoms with Crippen LogP contribution in [0.25, 0.3) is 0 Å². The Labute approximate surface area is 123 Å². The fourth-order valence-electron chi connectivity index (χ4n) is 2.18. The van der Waals surface area contributed by atoms with Crippen LogP contribution in [0.15, 0.2) is 35.4 Å². The highest BCUT2D eigenvalue weighted by molar-refractivity contribution is 5.94. The van der Waals surface area contributed by atoms with Crippen molar-refractivity contribution in [2.45, 2.75) is 27.3 Å². The lowest BCUT2D eigenvalue weighted by Gasteiger charge is -2.08. The Balaban J connectivity index is 1.96. The summed E-state index contributed by atoms with van der Waals surface area (Å²) in [4.78, 5) is 27.8. The Morgan fingerprint density at radius 3 is 2.43 bits per heavy atom. The van der Waals surface area contributed by atoms with Crippen LogP contribution in [0.1, 0.15) is 27.2 Å². The second-order valence-corrected chi connectivity index (χ2v) is 5.19. The SMILES string of the molecule is Cc1cc(C)cc(C(=O)NCCn2cnc(C)cc2=O)c1. The van der Waals surface area contributed by atoms with E-state index in [0.717, 1.165) is 11.1 Å². The molecule has 0 atom stereocenters. The molecule has 1 aromatic heterocycles. The lowest BCUT2D eigenvalue weighted by atomic mass is 10.1. The van der Waals surface area contributed by atoms with Crippen LogP contribution in [0, 0.1) is 20.8 Å². The molecule has 5 nitrogen and oxygen atoms in total. The molecule has 0 radical (unpaired) electrons. The Morgan fingerprint density at radius 2 is 1.81 bits per heavy atom. The van der Waals surface area contributed by atoms with Crippen LogP contribution in [-0.2, 0) is 6.54 Å². The molecule has 0 saturated heterocycles. The minimum absolute atomic E-state index is 0.108. The molecule has 0 aliphatic rings. The summed E-state index contributed by atoms with van der Waals surface area (Å²) in [6.45, 7) is 6.48. The van der Waals surface area contributed by atoms with Crippen LogP contribution >= 0.6 is 0 Å². The third-order valence-corrected chi connectivity index (χ3v) is 3.14. The Morgan fingerprint density at radius 1 is 1.14 bits per heavy atom. The quantitative estimate of drug-likeness (QED) is 0.928. The standard InChI is InChI=1S/C16H19N3O2/c1-11-6-12(2)8-14(7-11)16(21)17-4-5-19-10-18-13(3)9-15(19)20/h6-10H,4-5H2,1-3H3,(H,17,21). The fourth-order valence-corrected chi connectivity index (χ4v) is 2.18. The van der Waals surface area contributed by atoms with E-state index >= 15 is 0 Å². The third-order valence-electron chi connectivity index (χ3n) is 3.14. The fraction of sp³-hybridized carbons (Fsp3) is 0.312. The van der Waals surface area contributed by atoms with Crippen molar-refractivity contribution in [3.05, 3.63) is 63.3 Å². The van der Waals surface area contributed by atoms with Gasteiger partial charge in [-0.05, 0) is 32.9 Å². The van der Waals surface area contributed by atoms with E-state index in [1.54, 1.807) is 6.92 Å². The number of amides is 1. The van der Waals surface area contributed by atoms with Crippen molar-refractivity contribution in [3.63, 3.8) is 0 Å². The third kappa shape index (κ3) is 4.02. The summed E-state index contributed by atoms with van der Waals surface area (Å²) in [5.74, 6) is -0.130. The number of carbonyl (C=O) groups is 1. The minimum Gasteiger partial charge on any atom is -0.350 e. The molecule has 0 aliphatic carbocycles. The van der Waals surface area contributed by atoms with Crippen LogP contribution in [-0.4, -0.2) is 22.0 Å². The van der Waals surface area contributed by atoms with E-state index in [-0.39, 0.29) is 11.5 Å². The first-order valence-electron chi connectivity index (χ1n) is 6.85. The van der Waals surface area contributed by atoms with Gasteiger partial charge in [-0.25, -0.2) is 4.98 Å². The molecule has 0 fully saturated rings. The summed E-state index contributed by atoms with van der Waals surface area (Å²) in [6.07, 6.45) is 1.50. The van der Waals surface area contributed by atoms with E-state index in [1.807, 2.05) is 32.0 Å². The predicted octanol–water partition coefficient (Wildman–Crippen LogP) is 1.60. The highest BCUT2D eigenvalue weighted by Gasteiger charge is 2.06. The van der Waals surface area contributed by atoms with Crippen molar-refractivity contribution < 1.29 is 4.79 Å². The van der Waals surface area contributed by atoms with Gasteiger partial charge in [0.05, 0.1) is 6.33 Å². The molecule has 0 saturated carbocycles. The van der Waals surface area contributed by atoms with Crippen molar-refractivity contribution in [1.29, 1.82) is 0 Å². The second kappa shape index (κ2) is 6.35. The second-order valence-electron chi connectivity index (χ2n) is 5.19. The van der Waals surface area contributed by atoms with E-state index in [2.05, 4.69) is 10.3 Å². The maximum atomic E-state index is 12.1. The zero-order valence-corrected chi connectivity index (χ0v) is 12.5. The van der Waals surface area contributed by atoms with Crippen LogP contribution in [0.3, 0.4) is 0 Å². The highest BCUT2D eigenvalue weighted by Crippen LogP contribution is 2.08. The molecule has 1 N–H and O–H groups in total. The van der Waals surface area contributed by atoms with Gasteiger partial charge in [-0.15, -0.1) is 0 Å². The van der Waals surface area contributed by atoms with Crippen LogP contribution in [0.2, 0.25) is 0 Å². The van der Waals surface area contributed by atoms with Gasteiger partial charge in [-0.1, -0.05) is 17.2 Å². The van der Waals surface area contributed by atoms with E-state index < -0.39 is 0 Å². The molecule has 1 aromatic carbocycles.